The molecule has 3 N–H and O–H groups in total. The molecule has 0 bridgehead atoms. The number of nitrogens with zero attached hydrogens (tertiary/aromatic N) is 1. The summed E-state index contributed by atoms with van der Waals surface area (Å²) in [5.74, 6) is -1.25. The predicted octanol–water partition coefficient (Wildman–Crippen LogP) is 1.79. The highest BCUT2D eigenvalue weighted by Gasteiger charge is 2.22. The van der Waals surface area contributed by atoms with Crippen molar-refractivity contribution in [3.8, 4) is 0 Å². The number of para-hydroxylation sites is 1. The molecule has 0 aliphatic rings. The van der Waals surface area contributed by atoms with E-state index in [4.69, 9.17) is 5.11 Å². The number of carboxylic acids is 1. The van der Waals surface area contributed by atoms with Crippen LogP contribution in [0.4, 0.5) is 0 Å². The van der Waals surface area contributed by atoms with Gasteiger partial charge in [-0.3, -0.25) is 9.89 Å². The number of aliphatic carboxylic acids is 1. The zero-order valence-corrected chi connectivity index (χ0v) is 11.4. The molecule has 1 heterocycles. The molecule has 106 valence electrons. The van der Waals surface area contributed by atoms with E-state index in [9.17, 15) is 9.59 Å². The smallest absolute Gasteiger partial charge is 0.326 e. The number of nitrogens with one attached hydrogen (secondary N) is 2. The lowest BCUT2D eigenvalue weighted by Gasteiger charge is -2.16. The van der Waals surface area contributed by atoms with Gasteiger partial charge >= 0.3 is 5.97 Å². The van der Waals surface area contributed by atoms with Crippen LogP contribution in [-0.2, 0) is 4.79 Å². The van der Waals surface area contributed by atoms with Crippen molar-refractivity contribution < 1.29 is 14.7 Å². The van der Waals surface area contributed by atoms with Crippen LogP contribution in [0.5, 0.6) is 0 Å². The molecule has 0 aliphatic heterocycles. The topological polar surface area (TPSA) is 95.1 Å². The van der Waals surface area contributed by atoms with Crippen LogP contribution in [0.3, 0.4) is 0 Å². The maximum absolute atomic E-state index is 12.2. The number of amides is 1. The summed E-state index contributed by atoms with van der Waals surface area (Å²) in [4.78, 5) is 23.4. The molecule has 0 saturated heterocycles. The van der Waals surface area contributed by atoms with Gasteiger partial charge in [-0.05, 0) is 18.4 Å². The number of benzene rings is 1. The summed E-state index contributed by atoms with van der Waals surface area (Å²) in [5, 5.41) is 19.2. The van der Waals surface area contributed by atoms with Crippen molar-refractivity contribution in [2.45, 2.75) is 26.3 Å². The number of hydrogen-bond acceptors (Lipinski definition) is 3. The van der Waals surface area contributed by atoms with Gasteiger partial charge in [0.05, 0.1) is 17.3 Å². The number of fused-ring (bicyclic) bond motifs is 1. The van der Waals surface area contributed by atoms with E-state index in [1.807, 2.05) is 19.9 Å². The molecule has 2 aromatic rings. The Kier molecular flexibility index (Phi) is 4.02. The van der Waals surface area contributed by atoms with Crippen molar-refractivity contribution in [3.63, 3.8) is 0 Å². The fraction of sp³-hybridized carbons (Fsp3) is 0.357. The maximum atomic E-state index is 12.2. The highest BCUT2D eigenvalue weighted by Crippen LogP contribution is 2.16. The number of carboxylic acid groups (broad SMARTS) is 1. The van der Waals surface area contributed by atoms with Gasteiger partial charge in [-0.25, -0.2) is 4.79 Å². The molecule has 1 atom stereocenters. The van der Waals surface area contributed by atoms with E-state index in [0.717, 1.165) is 5.39 Å². The Morgan fingerprint density at radius 2 is 2.15 bits per heavy atom. The Bertz CT molecular complexity index is 633. The second kappa shape index (κ2) is 5.73. The van der Waals surface area contributed by atoms with Gasteiger partial charge in [0.25, 0.3) is 5.91 Å². The third kappa shape index (κ3) is 2.96. The van der Waals surface area contributed by atoms with Crippen LogP contribution >= 0.6 is 0 Å². The Labute approximate surface area is 116 Å². The third-order valence-corrected chi connectivity index (χ3v) is 3.03. The molecule has 0 fully saturated rings. The molecule has 1 aromatic carbocycles. The Morgan fingerprint density at radius 1 is 1.40 bits per heavy atom. The van der Waals surface area contributed by atoms with E-state index < -0.39 is 17.9 Å². The van der Waals surface area contributed by atoms with Gasteiger partial charge in [-0.2, -0.15) is 5.10 Å². The summed E-state index contributed by atoms with van der Waals surface area (Å²) in [7, 11) is 0. The normalized spacial score (nSPS) is 12.6. The molecule has 0 aliphatic carbocycles. The summed E-state index contributed by atoms with van der Waals surface area (Å²) in [6.45, 7) is 3.83. The summed E-state index contributed by atoms with van der Waals surface area (Å²) >= 11 is 0. The Hall–Kier alpha value is -2.37. The molecular formula is C14H17N3O3. The van der Waals surface area contributed by atoms with Crippen molar-refractivity contribution in [1.82, 2.24) is 15.5 Å². The monoisotopic (exact) mass is 275 g/mol. The lowest BCUT2D eigenvalue weighted by atomic mass is 10.0. The van der Waals surface area contributed by atoms with E-state index in [2.05, 4.69) is 15.5 Å². The minimum Gasteiger partial charge on any atom is -0.480 e. The average molecular weight is 275 g/mol. The predicted molar refractivity (Wildman–Crippen MR) is 74.4 cm³/mol. The van der Waals surface area contributed by atoms with Gasteiger partial charge in [-0.15, -0.1) is 0 Å². The molecule has 1 aromatic heterocycles. The number of hydrogen-bond donors (Lipinski definition) is 3. The van der Waals surface area contributed by atoms with Gasteiger partial charge < -0.3 is 10.4 Å². The van der Waals surface area contributed by atoms with Crippen molar-refractivity contribution >= 4 is 22.8 Å². The van der Waals surface area contributed by atoms with Crippen LogP contribution < -0.4 is 5.32 Å². The van der Waals surface area contributed by atoms with Crippen LogP contribution in [-0.4, -0.2) is 33.2 Å². The van der Waals surface area contributed by atoms with E-state index in [1.54, 1.807) is 18.3 Å². The zero-order valence-electron chi connectivity index (χ0n) is 11.4. The number of aromatic nitrogens is 2. The molecule has 20 heavy (non-hydrogen) atoms. The van der Waals surface area contributed by atoms with E-state index in [-0.39, 0.29) is 5.92 Å². The number of carbonyl (C=O) groups is 2. The van der Waals surface area contributed by atoms with E-state index >= 15 is 0 Å². The number of aromatic amines is 1. The van der Waals surface area contributed by atoms with Crippen LogP contribution in [0.1, 0.15) is 30.6 Å². The summed E-state index contributed by atoms with van der Waals surface area (Å²) in [6.07, 6.45) is 2.01. The van der Waals surface area contributed by atoms with Gasteiger partial charge in [0.2, 0.25) is 0 Å². The first-order valence-corrected chi connectivity index (χ1v) is 6.44. The summed E-state index contributed by atoms with van der Waals surface area (Å²) in [5.41, 5.74) is 1.01. The van der Waals surface area contributed by atoms with Crippen molar-refractivity contribution in [2.24, 2.45) is 5.92 Å². The molecule has 0 unspecified atom stereocenters. The molecule has 1 amide bonds. The first-order chi connectivity index (χ1) is 9.49. The molecule has 0 saturated carbocycles. The quantitative estimate of drug-likeness (QED) is 0.775. The SMILES string of the molecule is CC(C)C[C@H](NC(=O)c1cccc2cn[nH]c12)C(=O)O. The van der Waals surface area contributed by atoms with Gasteiger partial charge in [0.1, 0.15) is 6.04 Å². The van der Waals surface area contributed by atoms with Crippen molar-refractivity contribution in [1.29, 1.82) is 0 Å². The molecule has 2 rings (SSSR count). The van der Waals surface area contributed by atoms with Gasteiger partial charge in [0, 0.05) is 5.39 Å². The minimum atomic E-state index is -1.02. The second-order valence-corrected chi connectivity index (χ2v) is 5.13. The third-order valence-electron chi connectivity index (χ3n) is 3.03. The summed E-state index contributed by atoms with van der Waals surface area (Å²) < 4.78 is 0. The number of H-pyrrole nitrogens is 1. The van der Waals surface area contributed by atoms with E-state index in [0.29, 0.717) is 17.5 Å². The first-order valence-electron chi connectivity index (χ1n) is 6.44. The standard InChI is InChI=1S/C14H17N3O3/c1-8(2)6-11(14(19)20)16-13(18)10-5-3-4-9-7-15-17-12(9)10/h3-5,7-8,11H,6H2,1-2H3,(H,15,17)(H,16,18)(H,19,20)/t11-/m0/s1. The summed E-state index contributed by atoms with van der Waals surface area (Å²) in [6, 6.07) is 4.33. The van der Waals surface area contributed by atoms with Gasteiger partial charge in [0.15, 0.2) is 0 Å². The average Bonchev–Trinajstić information content (AvgIpc) is 2.84. The fourth-order valence-corrected chi connectivity index (χ4v) is 2.09. The largest absolute Gasteiger partial charge is 0.480 e. The highest BCUT2D eigenvalue weighted by atomic mass is 16.4. The van der Waals surface area contributed by atoms with Crippen LogP contribution in [0.2, 0.25) is 0 Å². The number of carbonyl (C=O) groups excluding carboxylic acids is 1. The molecule has 0 spiro atoms. The zero-order chi connectivity index (χ0) is 14.7. The lowest BCUT2D eigenvalue weighted by Crippen LogP contribution is -2.41. The van der Waals surface area contributed by atoms with Crippen LogP contribution in [0.25, 0.3) is 10.9 Å². The molecule has 0 radical (unpaired) electrons. The van der Waals surface area contributed by atoms with Crippen molar-refractivity contribution in [2.75, 3.05) is 0 Å². The highest BCUT2D eigenvalue weighted by molar-refractivity contribution is 6.06. The van der Waals surface area contributed by atoms with Gasteiger partial charge in [-0.1, -0.05) is 26.0 Å². The second-order valence-electron chi connectivity index (χ2n) is 5.13. The Morgan fingerprint density at radius 3 is 2.80 bits per heavy atom. The lowest BCUT2D eigenvalue weighted by molar-refractivity contribution is -0.139. The maximum Gasteiger partial charge on any atom is 0.326 e. The van der Waals surface area contributed by atoms with Crippen molar-refractivity contribution in [3.05, 3.63) is 30.0 Å². The molecular weight excluding hydrogens is 258 g/mol. The minimum absolute atomic E-state index is 0.180. The molecule has 6 heteroatoms. The van der Waals surface area contributed by atoms with Crippen LogP contribution in [0.15, 0.2) is 24.4 Å². The van der Waals surface area contributed by atoms with Crippen LogP contribution in [0, 0.1) is 5.92 Å². The first kappa shape index (κ1) is 14.0. The fourth-order valence-electron chi connectivity index (χ4n) is 2.09. The number of rotatable bonds is 5. The Balaban J connectivity index is 2.22. The van der Waals surface area contributed by atoms with E-state index in [1.165, 1.54) is 0 Å². The molecule has 6 nitrogen and oxygen atoms in total.